The largest absolute Gasteiger partial charge is 0.383 e. The molecule has 2 heterocycles. The van der Waals surface area contributed by atoms with Crippen molar-refractivity contribution in [1.29, 1.82) is 0 Å². The summed E-state index contributed by atoms with van der Waals surface area (Å²) in [6.45, 7) is 9.61. The fourth-order valence-electron chi connectivity index (χ4n) is 3.52. The molecule has 3 rings (SSSR count). The molecule has 11 nitrogen and oxygen atoms in total. The maximum atomic E-state index is 13.3. The summed E-state index contributed by atoms with van der Waals surface area (Å²) < 4.78 is 38.8. The number of nitrogens with one attached hydrogen (secondary N) is 2. The standard InChI is InChI=1S/C26H38N6O5SSi/c1-20(11-14-33)25-28-18-24(30-25)23-10-12-27-26(31-23)29-21-6-8-22(9-7-21)38(34,35)32(13-15-36-2)19-37-16-17-39(3,4)5/h6-10,12,14,18,20H,11,13,15-17,19H2,1-5H3,(H,28,30)(H,27,29,31). The van der Waals surface area contributed by atoms with Crippen LogP contribution in [0.2, 0.25) is 25.7 Å². The number of hydrogen-bond donors (Lipinski definition) is 2. The molecule has 0 saturated carbocycles. The van der Waals surface area contributed by atoms with Crippen molar-refractivity contribution in [3.05, 3.63) is 48.5 Å². The van der Waals surface area contributed by atoms with E-state index in [1.807, 2.05) is 6.92 Å². The van der Waals surface area contributed by atoms with Crippen LogP contribution in [0.1, 0.15) is 25.1 Å². The van der Waals surface area contributed by atoms with E-state index in [1.165, 1.54) is 11.4 Å². The van der Waals surface area contributed by atoms with Crippen LogP contribution in [0.3, 0.4) is 0 Å². The van der Waals surface area contributed by atoms with Gasteiger partial charge in [0.25, 0.3) is 0 Å². The van der Waals surface area contributed by atoms with Gasteiger partial charge in [-0.15, -0.1) is 0 Å². The van der Waals surface area contributed by atoms with Crippen molar-refractivity contribution >= 4 is 36.0 Å². The number of anilines is 2. The lowest BCUT2D eigenvalue weighted by Gasteiger charge is -2.23. The lowest BCUT2D eigenvalue weighted by molar-refractivity contribution is -0.108. The predicted octanol–water partition coefficient (Wildman–Crippen LogP) is 4.25. The number of rotatable bonds is 16. The Balaban J connectivity index is 1.69. The smallest absolute Gasteiger partial charge is 0.245 e. The van der Waals surface area contributed by atoms with Crippen molar-refractivity contribution in [1.82, 2.24) is 24.2 Å². The fraction of sp³-hybridized carbons (Fsp3) is 0.462. The summed E-state index contributed by atoms with van der Waals surface area (Å²) in [5.41, 5.74) is 1.97. The van der Waals surface area contributed by atoms with E-state index in [0.29, 0.717) is 41.9 Å². The molecular formula is C26H38N6O5SSi. The Bertz CT molecular complexity index is 1310. The van der Waals surface area contributed by atoms with Crippen LogP contribution >= 0.6 is 0 Å². The molecule has 1 aromatic carbocycles. The lowest BCUT2D eigenvalue weighted by atomic mass is 10.1. The molecule has 1 atom stereocenters. The van der Waals surface area contributed by atoms with Gasteiger partial charge in [0.05, 0.1) is 29.1 Å². The van der Waals surface area contributed by atoms with Crippen molar-refractivity contribution < 1.29 is 22.7 Å². The monoisotopic (exact) mass is 574 g/mol. The second-order valence-electron chi connectivity index (χ2n) is 10.4. The number of carbonyl (C=O) groups is 1. The summed E-state index contributed by atoms with van der Waals surface area (Å²) in [4.78, 5) is 27.3. The number of imidazole rings is 1. The van der Waals surface area contributed by atoms with Crippen molar-refractivity contribution in [2.24, 2.45) is 0 Å². The van der Waals surface area contributed by atoms with Gasteiger partial charge in [-0.25, -0.2) is 23.4 Å². The van der Waals surface area contributed by atoms with Gasteiger partial charge in [0.2, 0.25) is 16.0 Å². The Kier molecular flexibility index (Phi) is 10.9. The first kappa shape index (κ1) is 30.6. The van der Waals surface area contributed by atoms with E-state index >= 15 is 0 Å². The Morgan fingerprint density at radius 3 is 2.54 bits per heavy atom. The molecule has 0 saturated heterocycles. The third kappa shape index (κ3) is 9.04. The number of aromatic amines is 1. The highest BCUT2D eigenvalue weighted by Gasteiger charge is 2.25. The van der Waals surface area contributed by atoms with Crippen LogP contribution < -0.4 is 5.32 Å². The number of benzene rings is 1. The molecule has 0 spiro atoms. The van der Waals surface area contributed by atoms with Crippen LogP contribution in [-0.2, 0) is 24.3 Å². The van der Waals surface area contributed by atoms with E-state index in [-0.39, 0.29) is 30.7 Å². The number of carbonyl (C=O) groups excluding carboxylic acids is 1. The number of methoxy groups -OCH3 is 1. The van der Waals surface area contributed by atoms with Gasteiger partial charge < -0.3 is 24.6 Å². The van der Waals surface area contributed by atoms with Gasteiger partial charge in [-0.3, -0.25) is 0 Å². The van der Waals surface area contributed by atoms with Crippen LogP contribution in [0, 0.1) is 0 Å². The summed E-state index contributed by atoms with van der Waals surface area (Å²) in [6, 6.07) is 9.12. The molecule has 212 valence electrons. The van der Waals surface area contributed by atoms with Crippen LogP contribution in [0.4, 0.5) is 11.6 Å². The zero-order chi connectivity index (χ0) is 28.5. The molecule has 0 aliphatic carbocycles. The summed E-state index contributed by atoms with van der Waals surface area (Å²) >= 11 is 0. The number of hydrogen-bond acceptors (Lipinski definition) is 9. The van der Waals surface area contributed by atoms with Crippen molar-refractivity contribution in [2.45, 2.75) is 49.8 Å². The zero-order valence-corrected chi connectivity index (χ0v) is 25.0. The first-order chi connectivity index (χ1) is 18.5. The highest BCUT2D eigenvalue weighted by Crippen LogP contribution is 2.23. The van der Waals surface area contributed by atoms with E-state index in [4.69, 9.17) is 9.47 Å². The molecule has 3 aromatic rings. The number of ether oxygens (including phenoxy) is 2. The summed E-state index contributed by atoms with van der Waals surface area (Å²) in [6.07, 6.45) is 4.54. The van der Waals surface area contributed by atoms with E-state index in [9.17, 15) is 13.2 Å². The molecule has 0 aliphatic heterocycles. The maximum Gasteiger partial charge on any atom is 0.245 e. The minimum Gasteiger partial charge on any atom is -0.383 e. The maximum absolute atomic E-state index is 13.3. The quantitative estimate of drug-likeness (QED) is 0.111. The predicted molar refractivity (Wildman–Crippen MR) is 153 cm³/mol. The number of aromatic nitrogens is 4. The Labute approximate surface area is 231 Å². The van der Waals surface area contributed by atoms with Crippen molar-refractivity contribution in [3.8, 4) is 11.4 Å². The zero-order valence-electron chi connectivity index (χ0n) is 23.2. The minimum atomic E-state index is -3.78. The topological polar surface area (TPSA) is 139 Å². The van der Waals surface area contributed by atoms with Gasteiger partial charge in [0.1, 0.15) is 18.8 Å². The molecule has 0 amide bonds. The van der Waals surface area contributed by atoms with Gasteiger partial charge in [0, 0.05) is 52.6 Å². The van der Waals surface area contributed by atoms with Crippen LogP contribution in [0.5, 0.6) is 0 Å². The first-order valence-electron chi connectivity index (χ1n) is 12.8. The van der Waals surface area contributed by atoms with Crippen LogP contribution in [0.15, 0.2) is 47.6 Å². The molecule has 0 radical (unpaired) electrons. The molecule has 0 fully saturated rings. The normalized spacial score (nSPS) is 13.0. The summed E-state index contributed by atoms with van der Waals surface area (Å²) in [5.74, 6) is 1.04. The number of nitrogens with zero attached hydrogens (tertiary/aromatic N) is 4. The number of H-pyrrole nitrogens is 1. The molecule has 39 heavy (non-hydrogen) atoms. The number of aldehydes is 1. The van der Waals surface area contributed by atoms with Gasteiger partial charge in [-0.1, -0.05) is 26.6 Å². The molecule has 0 bridgehead atoms. The average Bonchev–Trinajstić information content (AvgIpc) is 3.39. The second-order valence-corrected chi connectivity index (χ2v) is 18.0. The van der Waals surface area contributed by atoms with Gasteiger partial charge in [-0.2, -0.15) is 4.31 Å². The Morgan fingerprint density at radius 1 is 1.13 bits per heavy atom. The molecule has 1 unspecified atom stereocenters. The SMILES string of the molecule is COCCN(COCC[Si](C)(C)C)S(=O)(=O)c1ccc(Nc2nccc(-c3cnc(C(C)CC=O)[nH]3)n2)cc1. The first-order valence-corrected chi connectivity index (χ1v) is 17.9. The summed E-state index contributed by atoms with van der Waals surface area (Å²) in [7, 11) is -3.53. The van der Waals surface area contributed by atoms with Crippen LogP contribution in [-0.4, -0.2) is 80.6 Å². The van der Waals surface area contributed by atoms with E-state index < -0.39 is 18.1 Å². The highest BCUT2D eigenvalue weighted by atomic mass is 32.2. The van der Waals surface area contributed by atoms with Gasteiger partial charge in [0.15, 0.2) is 0 Å². The van der Waals surface area contributed by atoms with Crippen molar-refractivity contribution in [3.63, 3.8) is 0 Å². The third-order valence-electron chi connectivity index (χ3n) is 5.97. The third-order valence-corrected chi connectivity index (χ3v) is 9.51. The molecule has 2 N–H and O–H groups in total. The van der Waals surface area contributed by atoms with E-state index in [2.05, 4.69) is 44.9 Å². The van der Waals surface area contributed by atoms with Crippen LogP contribution in [0.25, 0.3) is 11.4 Å². The molecule has 2 aromatic heterocycles. The summed E-state index contributed by atoms with van der Waals surface area (Å²) in [5, 5.41) is 3.11. The molecule has 0 aliphatic rings. The highest BCUT2D eigenvalue weighted by molar-refractivity contribution is 7.89. The fourth-order valence-corrected chi connectivity index (χ4v) is 5.59. The Morgan fingerprint density at radius 2 is 1.87 bits per heavy atom. The minimum absolute atomic E-state index is 0.0207. The van der Waals surface area contributed by atoms with E-state index in [1.54, 1.807) is 42.7 Å². The molecular weight excluding hydrogens is 536 g/mol. The Hall–Kier alpha value is -2.97. The average molecular weight is 575 g/mol. The molecule has 13 heteroatoms. The van der Waals surface area contributed by atoms with Crippen molar-refractivity contribution in [2.75, 3.05) is 38.9 Å². The lowest BCUT2D eigenvalue weighted by Crippen LogP contribution is -2.36. The van der Waals surface area contributed by atoms with Gasteiger partial charge >= 0.3 is 0 Å². The number of sulfonamides is 1. The van der Waals surface area contributed by atoms with Gasteiger partial charge in [-0.05, 0) is 36.4 Å². The second kappa shape index (κ2) is 13.9. The van der Waals surface area contributed by atoms with E-state index in [0.717, 1.165) is 12.3 Å².